The van der Waals surface area contributed by atoms with Crippen LogP contribution in [0, 0.1) is 6.92 Å². The fourth-order valence-electron chi connectivity index (χ4n) is 1.83. The first-order chi connectivity index (χ1) is 9.08. The quantitative estimate of drug-likeness (QED) is 0.718. The van der Waals surface area contributed by atoms with Crippen LogP contribution < -0.4 is 10.1 Å². The third-order valence-corrected chi connectivity index (χ3v) is 3.41. The Kier molecular flexibility index (Phi) is 7.42. The lowest BCUT2D eigenvalue weighted by molar-refractivity contribution is 0.103. The first-order valence-corrected chi connectivity index (χ1v) is 7.68. The van der Waals surface area contributed by atoms with E-state index < -0.39 is 6.10 Å². The van der Waals surface area contributed by atoms with E-state index in [4.69, 9.17) is 4.74 Å². The molecule has 108 valence electrons. The summed E-state index contributed by atoms with van der Waals surface area (Å²) in [5.41, 5.74) is 2.22. The van der Waals surface area contributed by atoms with Crippen LogP contribution in [0.25, 0.3) is 0 Å². The third kappa shape index (κ3) is 5.51. The van der Waals surface area contributed by atoms with Gasteiger partial charge in [0, 0.05) is 16.6 Å². The largest absolute Gasteiger partial charge is 0.490 e. The van der Waals surface area contributed by atoms with Crippen LogP contribution in [0.2, 0.25) is 0 Å². The lowest BCUT2D eigenvalue weighted by atomic mass is 10.1. The van der Waals surface area contributed by atoms with E-state index in [1.165, 1.54) is 0 Å². The van der Waals surface area contributed by atoms with E-state index in [1.54, 1.807) is 0 Å². The molecule has 1 rings (SSSR count). The lowest BCUT2D eigenvalue weighted by Crippen LogP contribution is -2.19. The van der Waals surface area contributed by atoms with Gasteiger partial charge in [-0.05, 0) is 44.0 Å². The number of hydrogen-bond donors (Lipinski definition) is 2. The Hall–Kier alpha value is -0.580. The summed E-state index contributed by atoms with van der Waals surface area (Å²) in [5, 5.41) is 13.0. The smallest absolute Gasteiger partial charge is 0.126 e. The van der Waals surface area contributed by atoms with Crippen molar-refractivity contribution in [2.75, 3.05) is 13.2 Å². The van der Waals surface area contributed by atoms with Gasteiger partial charge in [-0.3, -0.25) is 0 Å². The van der Waals surface area contributed by atoms with Crippen LogP contribution in [0.1, 0.15) is 37.8 Å². The van der Waals surface area contributed by atoms with Crippen molar-refractivity contribution in [2.24, 2.45) is 0 Å². The number of aliphatic hydroxyl groups excluding tert-OH is 1. The molecule has 1 aromatic carbocycles. The molecule has 2 N–H and O–H groups in total. The first-order valence-electron chi connectivity index (χ1n) is 6.89. The number of rotatable bonds is 8. The van der Waals surface area contributed by atoms with Crippen LogP contribution in [-0.2, 0) is 6.54 Å². The predicted octanol–water partition coefficient (Wildman–Crippen LogP) is 3.41. The summed E-state index contributed by atoms with van der Waals surface area (Å²) in [6, 6.07) is 4.11. The average Bonchev–Trinajstić information content (AvgIpc) is 2.37. The number of halogens is 1. The first kappa shape index (κ1) is 16.5. The molecular weight excluding hydrogens is 306 g/mol. The summed E-state index contributed by atoms with van der Waals surface area (Å²) in [6.45, 7) is 8.25. The van der Waals surface area contributed by atoms with Gasteiger partial charge in [-0.2, -0.15) is 0 Å². The molecule has 0 aliphatic rings. The van der Waals surface area contributed by atoms with Crippen molar-refractivity contribution in [1.82, 2.24) is 5.32 Å². The van der Waals surface area contributed by atoms with E-state index >= 15 is 0 Å². The van der Waals surface area contributed by atoms with E-state index in [2.05, 4.69) is 34.2 Å². The topological polar surface area (TPSA) is 41.5 Å². The molecule has 0 aromatic heterocycles. The van der Waals surface area contributed by atoms with Gasteiger partial charge in [0.25, 0.3) is 0 Å². The van der Waals surface area contributed by atoms with Gasteiger partial charge in [-0.15, -0.1) is 0 Å². The zero-order chi connectivity index (χ0) is 14.3. The van der Waals surface area contributed by atoms with E-state index in [-0.39, 0.29) is 0 Å². The van der Waals surface area contributed by atoms with Crippen LogP contribution in [0.3, 0.4) is 0 Å². The maximum Gasteiger partial charge on any atom is 0.126 e. The van der Waals surface area contributed by atoms with Crippen molar-refractivity contribution in [3.05, 3.63) is 27.7 Å². The molecule has 0 aliphatic heterocycles. The predicted molar refractivity (Wildman–Crippen MR) is 82.7 cm³/mol. The fourth-order valence-corrected chi connectivity index (χ4v) is 2.45. The van der Waals surface area contributed by atoms with Gasteiger partial charge in [-0.25, -0.2) is 0 Å². The standard InChI is InChI=1S/C15H24BrNO2/c1-4-6-17-9-12-8-13(16)7-11(3)15(12)19-10-14(18)5-2/h7-8,14,17-18H,4-6,9-10H2,1-3H3. The maximum absolute atomic E-state index is 9.62. The summed E-state index contributed by atoms with van der Waals surface area (Å²) in [7, 11) is 0. The van der Waals surface area contributed by atoms with E-state index in [1.807, 2.05) is 19.9 Å². The SMILES string of the molecule is CCCNCc1cc(Br)cc(C)c1OCC(O)CC. The lowest BCUT2D eigenvalue weighted by Gasteiger charge is -2.17. The highest BCUT2D eigenvalue weighted by Gasteiger charge is 2.11. The van der Waals surface area contributed by atoms with Crippen molar-refractivity contribution in [1.29, 1.82) is 0 Å². The molecule has 0 heterocycles. The molecule has 0 amide bonds. The van der Waals surface area contributed by atoms with E-state index in [9.17, 15) is 5.11 Å². The Morgan fingerprint density at radius 2 is 2.11 bits per heavy atom. The van der Waals surface area contributed by atoms with Crippen molar-refractivity contribution >= 4 is 15.9 Å². The summed E-state index contributed by atoms with van der Waals surface area (Å²) in [6.07, 6.45) is 1.41. The van der Waals surface area contributed by atoms with Crippen LogP contribution in [0.15, 0.2) is 16.6 Å². The summed E-state index contributed by atoms with van der Waals surface area (Å²) in [5.74, 6) is 0.888. The number of aliphatic hydroxyl groups is 1. The molecule has 1 atom stereocenters. The Balaban J connectivity index is 2.80. The van der Waals surface area contributed by atoms with Gasteiger partial charge < -0.3 is 15.2 Å². The highest BCUT2D eigenvalue weighted by Crippen LogP contribution is 2.28. The minimum absolute atomic E-state index is 0.347. The van der Waals surface area contributed by atoms with Crippen LogP contribution in [0.4, 0.5) is 0 Å². The second-order valence-electron chi connectivity index (χ2n) is 4.76. The molecule has 0 fully saturated rings. The summed E-state index contributed by atoms with van der Waals surface area (Å²) < 4.78 is 6.85. The Labute approximate surface area is 124 Å². The molecule has 0 spiro atoms. The number of nitrogens with one attached hydrogen (secondary N) is 1. The maximum atomic E-state index is 9.62. The Morgan fingerprint density at radius 3 is 2.74 bits per heavy atom. The van der Waals surface area contributed by atoms with Gasteiger partial charge >= 0.3 is 0 Å². The molecule has 1 aromatic rings. The summed E-state index contributed by atoms with van der Waals surface area (Å²) in [4.78, 5) is 0. The zero-order valence-corrected chi connectivity index (χ0v) is 13.6. The molecule has 1 unspecified atom stereocenters. The number of benzene rings is 1. The van der Waals surface area contributed by atoms with Crippen molar-refractivity contribution in [3.8, 4) is 5.75 Å². The molecule has 0 saturated carbocycles. The van der Waals surface area contributed by atoms with Gasteiger partial charge in [0.2, 0.25) is 0 Å². The zero-order valence-electron chi connectivity index (χ0n) is 12.0. The molecule has 0 radical (unpaired) electrons. The average molecular weight is 330 g/mol. The highest BCUT2D eigenvalue weighted by molar-refractivity contribution is 9.10. The molecular formula is C15H24BrNO2. The van der Waals surface area contributed by atoms with Gasteiger partial charge in [0.05, 0.1) is 6.10 Å². The van der Waals surface area contributed by atoms with E-state index in [0.29, 0.717) is 13.0 Å². The molecule has 0 saturated heterocycles. The number of ether oxygens (including phenoxy) is 1. The highest BCUT2D eigenvalue weighted by atomic mass is 79.9. The second kappa shape index (κ2) is 8.56. The van der Waals surface area contributed by atoms with Crippen molar-refractivity contribution in [3.63, 3.8) is 0 Å². The van der Waals surface area contributed by atoms with Crippen LogP contribution in [0.5, 0.6) is 5.75 Å². The Bertz CT molecular complexity index is 396. The molecule has 19 heavy (non-hydrogen) atoms. The van der Waals surface area contributed by atoms with Crippen LogP contribution in [-0.4, -0.2) is 24.4 Å². The molecule has 0 aliphatic carbocycles. The normalized spacial score (nSPS) is 12.5. The monoisotopic (exact) mass is 329 g/mol. The number of aryl methyl sites for hydroxylation is 1. The van der Waals surface area contributed by atoms with Crippen LogP contribution >= 0.6 is 15.9 Å². The van der Waals surface area contributed by atoms with E-state index in [0.717, 1.165) is 40.9 Å². The second-order valence-corrected chi connectivity index (χ2v) is 5.68. The van der Waals surface area contributed by atoms with Gasteiger partial charge in [-0.1, -0.05) is 29.8 Å². The van der Waals surface area contributed by atoms with Crippen molar-refractivity contribution < 1.29 is 9.84 Å². The van der Waals surface area contributed by atoms with Gasteiger partial charge in [0.1, 0.15) is 12.4 Å². The number of hydrogen-bond acceptors (Lipinski definition) is 3. The Morgan fingerprint density at radius 1 is 1.37 bits per heavy atom. The molecule has 3 nitrogen and oxygen atoms in total. The summed E-state index contributed by atoms with van der Waals surface area (Å²) >= 11 is 3.52. The van der Waals surface area contributed by atoms with Gasteiger partial charge in [0.15, 0.2) is 0 Å². The minimum atomic E-state index is -0.403. The third-order valence-electron chi connectivity index (χ3n) is 2.95. The molecule has 4 heteroatoms. The molecule has 0 bridgehead atoms. The minimum Gasteiger partial charge on any atom is -0.490 e. The van der Waals surface area contributed by atoms with Crippen molar-refractivity contribution in [2.45, 2.75) is 46.3 Å². The fraction of sp³-hybridized carbons (Fsp3) is 0.600.